The summed E-state index contributed by atoms with van der Waals surface area (Å²) in [6, 6.07) is 9.60. The molecule has 3 aromatic heterocycles. The quantitative estimate of drug-likeness (QED) is 0.713. The summed E-state index contributed by atoms with van der Waals surface area (Å²) in [6.07, 6.45) is 0. The van der Waals surface area contributed by atoms with E-state index in [2.05, 4.69) is 16.0 Å². The second kappa shape index (κ2) is 6.21. The molecular weight excluding hydrogens is 308 g/mol. The lowest BCUT2D eigenvalue weighted by Crippen LogP contribution is -2.32. The van der Waals surface area contributed by atoms with Crippen LogP contribution in [-0.4, -0.2) is 6.03 Å². The molecule has 0 bridgehead atoms. The van der Waals surface area contributed by atoms with Gasteiger partial charge in [0.05, 0.1) is 11.0 Å². The maximum Gasteiger partial charge on any atom is 0.320 e. The van der Waals surface area contributed by atoms with Gasteiger partial charge >= 0.3 is 6.03 Å². The molecule has 3 nitrogen and oxygen atoms in total. The molecule has 0 radical (unpaired) electrons. The number of thiophene rings is 3. The molecule has 1 atom stereocenters. The van der Waals surface area contributed by atoms with Gasteiger partial charge in [-0.25, -0.2) is 4.79 Å². The van der Waals surface area contributed by atoms with Crippen molar-refractivity contribution >= 4 is 45.0 Å². The highest BCUT2D eigenvalue weighted by atomic mass is 32.1. The van der Waals surface area contributed by atoms with Crippen LogP contribution in [0.4, 0.5) is 9.80 Å². The Morgan fingerprint density at radius 1 is 1.05 bits per heavy atom. The molecule has 6 heteroatoms. The van der Waals surface area contributed by atoms with Crippen molar-refractivity contribution in [1.82, 2.24) is 5.32 Å². The third-order valence-electron chi connectivity index (χ3n) is 2.74. The molecule has 0 saturated heterocycles. The molecule has 0 aliphatic rings. The second-order valence-corrected chi connectivity index (χ2v) is 6.79. The molecule has 0 spiro atoms. The Kier molecular flexibility index (Phi) is 4.15. The van der Waals surface area contributed by atoms with Crippen LogP contribution in [0.3, 0.4) is 0 Å². The minimum Gasteiger partial charge on any atom is -0.326 e. The van der Waals surface area contributed by atoms with E-state index in [1.54, 1.807) is 22.7 Å². The molecule has 2 N–H and O–H groups in total. The first kappa shape index (κ1) is 13.4. The van der Waals surface area contributed by atoms with Gasteiger partial charge in [0.1, 0.15) is 0 Å². The molecule has 102 valence electrons. The van der Waals surface area contributed by atoms with Crippen LogP contribution in [0.5, 0.6) is 0 Å². The average molecular weight is 320 g/mol. The molecule has 0 aromatic carbocycles. The molecule has 0 unspecified atom stereocenters. The minimum atomic E-state index is -0.183. The van der Waals surface area contributed by atoms with Crippen molar-refractivity contribution < 1.29 is 4.79 Å². The number of nitrogens with one attached hydrogen (secondary N) is 2. The maximum atomic E-state index is 12.1. The van der Waals surface area contributed by atoms with Crippen molar-refractivity contribution in [3.63, 3.8) is 0 Å². The molecule has 2 amide bonds. The number of rotatable bonds is 4. The first-order chi connectivity index (χ1) is 9.83. The van der Waals surface area contributed by atoms with Crippen LogP contribution in [0.15, 0.2) is 51.9 Å². The van der Waals surface area contributed by atoms with Crippen molar-refractivity contribution in [2.24, 2.45) is 0 Å². The number of carbonyl (C=O) groups is 1. The fraction of sp³-hybridized carbons (Fsp3) is 0.0714. The summed E-state index contributed by atoms with van der Waals surface area (Å²) in [4.78, 5) is 13.2. The predicted molar refractivity (Wildman–Crippen MR) is 87.0 cm³/mol. The topological polar surface area (TPSA) is 41.1 Å². The first-order valence-corrected chi connectivity index (χ1v) is 8.69. The monoisotopic (exact) mass is 320 g/mol. The third-order valence-corrected chi connectivity index (χ3v) is 5.16. The lowest BCUT2D eigenvalue weighted by Gasteiger charge is -2.16. The van der Waals surface area contributed by atoms with Crippen molar-refractivity contribution in [2.75, 3.05) is 5.32 Å². The Bertz CT molecular complexity index is 610. The Hall–Kier alpha value is -1.63. The van der Waals surface area contributed by atoms with Crippen LogP contribution in [-0.2, 0) is 0 Å². The molecule has 0 aliphatic heterocycles. The van der Waals surface area contributed by atoms with Crippen molar-refractivity contribution in [3.8, 4) is 0 Å². The molecular formula is C14H12N2OS3. The van der Waals surface area contributed by atoms with E-state index in [1.807, 2.05) is 46.5 Å². The summed E-state index contributed by atoms with van der Waals surface area (Å²) in [5.74, 6) is 0. The van der Waals surface area contributed by atoms with Gasteiger partial charge in [-0.3, -0.25) is 5.32 Å². The molecule has 20 heavy (non-hydrogen) atoms. The van der Waals surface area contributed by atoms with Crippen molar-refractivity contribution in [2.45, 2.75) is 6.04 Å². The number of amides is 2. The first-order valence-electron chi connectivity index (χ1n) is 5.99. The number of carbonyl (C=O) groups excluding carboxylic acids is 1. The Morgan fingerprint density at radius 3 is 2.55 bits per heavy atom. The zero-order valence-corrected chi connectivity index (χ0v) is 12.9. The van der Waals surface area contributed by atoms with Crippen LogP contribution in [0.2, 0.25) is 0 Å². The molecule has 3 rings (SSSR count). The highest BCUT2D eigenvalue weighted by Crippen LogP contribution is 2.27. The van der Waals surface area contributed by atoms with Gasteiger partial charge in [0.15, 0.2) is 0 Å². The van der Waals surface area contributed by atoms with E-state index >= 15 is 0 Å². The zero-order chi connectivity index (χ0) is 13.8. The summed E-state index contributed by atoms with van der Waals surface area (Å²) >= 11 is 4.78. The van der Waals surface area contributed by atoms with Gasteiger partial charge in [0.2, 0.25) is 0 Å². The van der Waals surface area contributed by atoms with E-state index in [-0.39, 0.29) is 12.1 Å². The van der Waals surface area contributed by atoms with Crippen LogP contribution < -0.4 is 10.6 Å². The smallest absolute Gasteiger partial charge is 0.320 e. The number of hydrogen-bond acceptors (Lipinski definition) is 4. The molecule has 3 aromatic rings. The Morgan fingerprint density at radius 2 is 1.90 bits per heavy atom. The molecule has 0 saturated carbocycles. The zero-order valence-electron chi connectivity index (χ0n) is 10.4. The van der Waals surface area contributed by atoms with Gasteiger partial charge in [0, 0.05) is 4.88 Å². The number of anilines is 1. The molecule has 3 heterocycles. The summed E-state index contributed by atoms with van der Waals surface area (Å²) < 4.78 is 0. The fourth-order valence-electron chi connectivity index (χ4n) is 1.84. The van der Waals surface area contributed by atoms with E-state index in [4.69, 9.17) is 0 Å². The Labute approximate surface area is 128 Å². The third kappa shape index (κ3) is 3.09. The number of hydrogen-bond donors (Lipinski definition) is 2. The molecule has 0 aliphatic carbocycles. The summed E-state index contributed by atoms with van der Waals surface area (Å²) in [6.45, 7) is 0. The van der Waals surface area contributed by atoms with E-state index in [0.29, 0.717) is 0 Å². The van der Waals surface area contributed by atoms with Gasteiger partial charge < -0.3 is 5.32 Å². The van der Waals surface area contributed by atoms with E-state index in [1.165, 1.54) is 11.3 Å². The standard InChI is InChI=1S/C14H12N2OS3/c17-14(15-12-4-2-7-20-12)16-13(10-5-8-18-9-10)11-3-1-6-19-11/h1-9,13H,(H2,15,16,17)/t13-/m1/s1. The fourth-order valence-corrected chi connectivity index (χ4v) is 3.94. The van der Waals surface area contributed by atoms with Crippen LogP contribution in [0.25, 0.3) is 0 Å². The van der Waals surface area contributed by atoms with E-state index < -0.39 is 0 Å². The van der Waals surface area contributed by atoms with Crippen molar-refractivity contribution in [1.29, 1.82) is 0 Å². The van der Waals surface area contributed by atoms with Gasteiger partial charge in [-0.2, -0.15) is 11.3 Å². The van der Waals surface area contributed by atoms with E-state index in [0.717, 1.165) is 15.4 Å². The van der Waals surface area contributed by atoms with Crippen LogP contribution in [0.1, 0.15) is 16.5 Å². The Balaban J connectivity index is 1.75. The number of urea groups is 1. The van der Waals surface area contributed by atoms with Crippen LogP contribution >= 0.6 is 34.0 Å². The van der Waals surface area contributed by atoms with Gasteiger partial charge in [-0.05, 0) is 51.3 Å². The maximum absolute atomic E-state index is 12.1. The SMILES string of the molecule is O=C(Nc1cccs1)N[C@H](c1ccsc1)c1cccs1. The van der Waals surface area contributed by atoms with Gasteiger partial charge in [-0.15, -0.1) is 22.7 Å². The van der Waals surface area contributed by atoms with Crippen molar-refractivity contribution in [3.05, 3.63) is 62.3 Å². The lowest BCUT2D eigenvalue weighted by atomic mass is 10.1. The highest BCUT2D eigenvalue weighted by molar-refractivity contribution is 7.14. The second-order valence-electron chi connectivity index (χ2n) is 4.08. The van der Waals surface area contributed by atoms with Crippen LogP contribution in [0, 0.1) is 0 Å². The molecule has 0 fully saturated rings. The average Bonchev–Trinajstić information content (AvgIpc) is 3.18. The summed E-state index contributed by atoms with van der Waals surface area (Å²) in [5.41, 5.74) is 1.11. The predicted octanol–water partition coefficient (Wildman–Crippen LogP) is 4.78. The minimum absolute atomic E-state index is 0.0961. The van der Waals surface area contributed by atoms with E-state index in [9.17, 15) is 4.79 Å². The largest absolute Gasteiger partial charge is 0.326 e. The lowest BCUT2D eigenvalue weighted by molar-refractivity contribution is 0.250. The summed E-state index contributed by atoms with van der Waals surface area (Å²) in [5, 5.41) is 14.8. The highest BCUT2D eigenvalue weighted by Gasteiger charge is 2.18. The van der Waals surface area contributed by atoms with Gasteiger partial charge in [0.25, 0.3) is 0 Å². The normalized spacial score (nSPS) is 12.0. The van der Waals surface area contributed by atoms with Gasteiger partial charge in [-0.1, -0.05) is 6.07 Å². The summed E-state index contributed by atoms with van der Waals surface area (Å²) in [7, 11) is 0.